The van der Waals surface area contributed by atoms with Gasteiger partial charge in [-0.3, -0.25) is 9.82 Å². The number of ether oxygens (including phenoxy) is 1. The van der Waals surface area contributed by atoms with Crippen LogP contribution >= 0.6 is 0 Å². The monoisotopic (exact) mass is 306 g/mol. The van der Waals surface area contributed by atoms with Crippen LogP contribution in [0.25, 0.3) is 0 Å². The molecule has 1 aromatic heterocycles. The van der Waals surface area contributed by atoms with E-state index in [1.165, 1.54) is 12.3 Å². The summed E-state index contributed by atoms with van der Waals surface area (Å²) in [6.45, 7) is 2.01. The van der Waals surface area contributed by atoms with Crippen molar-refractivity contribution in [3.05, 3.63) is 30.1 Å². The number of rotatable bonds is 4. The van der Waals surface area contributed by atoms with Crippen molar-refractivity contribution in [1.29, 1.82) is 0 Å². The minimum Gasteiger partial charge on any atom is -0.476 e. The molecule has 7 heteroatoms. The first kappa shape index (κ1) is 15.9. The molecule has 2 atom stereocenters. The molecule has 0 unspecified atom stereocenters. The fourth-order valence-electron chi connectivity index (χ4n) is 2.38. The summed E-state index contributed by atoms with van der Waals surface area (Å²) in [5.74, 6) is -1.07. The number of carbonyl (C=O) groups is 2. The van der Waals surface area contributed by atoms with Crippen LogP contribution in [0, 0.1) is 5.92 Å². The molecule has 1 saturated carbocycles. The smallest absolute Gasteiger partial charge is 0.476 e. The maximum atomic E-state index is 11.7. The van der Waals surface area contributed by atoms with Gasteiger partial charge in [-0.15, -0.1) is 0 Å². The van der Waals surface area contributed by atoms with Crippen LogP contribution in [0.1, 0.15) is 38.3 Å². The Balaban J connectivity index is 1.98. The number of aliphatic carboxylic acids is 1. The average molecular weight is 306 g/mol. The summed E-state index contributed by atoms with van der Waals surface area (Å²) in [5.41, 5.74) is -0.344. The lowest BCUT2D eigenvalue weighted by Crippen LogP contribution is -2.28. The highest BCUT2D eigenvalue weighted by Gasteiger charge is 2.26. The van der Waals surface area contributed by atoms with Gasteiger partial charge in [0.2, 0.25) is 5.71 Å². The molecule has 0 aliphatic heterocycles. The number of hydrogen-bond acceptors (Lipinski definition) is 6. The number of nitrogens with zero attached hydrogens (tertiary/aromatic N) is 2. The van der Waals surface area contributed by atoms with Crippen molar-refractivity contribution in [3.63, 3.8) is 0 Å². The number of carboxylic acids is 1. The van der Waals surface area contributed by atoms with Crippen LogP contribution in [0.4, 0.5) is 4.79 Å². The maximum Gasteiger partial charge on any atom is 0.535 e. The van der Waals surface area contributed by atoms with Crippen LogP contribution in [-0.4, -0.2) is 34.0 Å². The number of pyridine rings is 1. The summed E-state index contributed by atoms with van der Waals surface area (Å²) >= 11 is 0. The van der Waals surface area contributed by atoms with E-state index in [0.29, 0.717) is 0 Å². The Labute approximate surface area is 127 Å². The fourth-order valence-corrected chi connectivity index (χ4v) is 2.38. The van der Waals surface area contributed by atoms with Gasteiger partial charge in [0, 0.05) is 6.20 Å². The molecule has 1 aliphatic carbocycles. The predicted molar refractivity (Wildman–Crippen MR) is 77.4 cm³/mol. The molecule has 22 heavy (non-hydrogen) atoms. The molecule has 0 amide bonds. The van der Waals surface area contributed by atoms with E-state index in [1.807, 2.05) is 6.92 Å². The lowest BCUT2D eigenvalue weighted by molar-refractivity contribution is -0.129. The number of carbonyl (C=O) groups excluding carboxylic acids is 1. The molecule has 1 fully saturated rings. The van der Waals surface area contributed by atoms with Crippen LogP contribution in [0.5, 0.6) is 0 Å². The van der Waals surface area contributed by atoms with Crippen molar-refractivity contribution in [3.8, 4) is 0 Å². The van der Waals surface area contributed by atoms with Crippen molar-refractivity contribution in [2.45, 2.75) is 38.7 Å². The van der Waals surface area contributed by atoms with E-state index in [0.717, 1.165) is 25.7 Å². The van der Waals surface area contributed by atoms with Gasteiger partial charge in [-0.2, -0.15) is 0 Å². The van der Waals surface area contributed by atoms with Crippen molar-refractivity contribution in [1.82, 2.24) is 4.98 Å². The van der Waals surface area contributed by atoms with Gasteiger partial charge in [0.1, 0.15) is 6.10 Å². The second-order valence-electron chi connectivity index (χ2n) is 5.22. The zero-order valence-electron chi connectivity index (χ0n) is 12.3. The van der Waals surface area contributed by atoms with Gasteiger partial charge in [-0.05, 0) is 37.3 Å². The molecule has 0 spiro atoms. The van der Waals surface area contributed by atoms with Gasteiger partial charge in [-0.25, -0.2) is 9.59 Å². The zero-order chi connectivity index (χ0) is 15.9. The van der Waals surface area contributed by atoms with E-state index < -0.39 is 17.8 Å². The molecular formula is C15H18N2O5. The number of oxime groups is 1. The highest BCUT2D eigenvalue weighted by Crippen LogP contribution is 2.26. The first-order chi connectivity index (χ1) is 10.6. The Morgan fingerprint density at radius 1 is 1.32 bits per heavy atom. The summed E-state index contributed by atoms with van der Waals surface area (Å²) in [6, 6.07) is 4.72. The van der Waals surface area contributed by atoms with Crippen LogP contribution in [-0.2, 0) is 14.4 Å². The molecule has 2 rings (SSSR count). The lowest BCUT2D eigenvalue weighted by Gasteiger charge is -2.27. The standard InChI is InChI=1S/C15H18N2O5/c1-10-6-2-3-8-12(10)21-15(20)22-17-13(14(18)19)11-7-4-5-9-16-11/h4-5,7,9-10,12H,2-3,6,8H2,1H3,(H,18,19)/b17-13+/t10-,12-/m0/s1. The fraction of sp³-hybridized carbons (Fsp3) is 0.467. The molecule has 0 bridgehead atoms. The Bertz CT molecular complexity index is 558. The Hall–Kier alpha value is -2.44. The van der Waals surface area contributed by atoms with E-state index >= 15 is 0 Å². The van der Waals surface area contributed by atoms with Crippen molar-refractivity contribution in [2.75, 3.05) is 0 Å². The van der Waals surface area contributed by atoms with Gasteiger partial charge in [0.25, 0.3) is 0 Å². The van der Waals surface area contributed by atoms with Gasteiger partial charge in [-0.1, -0.05) is 24.6 Å². The third-order valence-corrected chi connectivity index (χ3v) is 3.60. The predicted octanol–water partition coefficient (Wildman–Crippen LogP) is 2.60. The van der Waals surface area contributed by atoms with Crippen molar-refractivity contribution in [2.24, 2.45) is 11.1 Å². The average Bonchev–Trinajstić information content (AvgIpc) is 2.50. The van der Waals surface area contributed by atoms with Crippen LogP contribution in [0.2, 0.25) is 0 Å². The molecule has 1 aromatic rings. The second kappa shape index (κ2) is 7.53. The molecule has 0 radical (unpaired) electrons. The van der Waals surface area contributed by atoms with Crippen molar-refractivity contribution < 1.29 is 24.3 Å². The van der Waals surface area contributed by atoms with E-state index in [2.05, 4.69) is 15.0 Å². The first-order valence-corrected chi connectivity index (χ1v) is 7.18. The second-order valence-corrected chi connectivity index (χ2v) is 5.22. The Morgan fingerprint density at radius 2 is 2.09 bits per heavy atom. The van der Waals surface area contributed by atoms with Gasteiger partial charge < -0.3 is 9.84 Å². The molecule has 1 N–H and O–H groups in total. The quantitative estimate of drug-likeness (QED) is 0.397. The van der Waals surface area contributed by atoms with Gasteiger partial charge >= 0.3 is 12.1 Å². The topological polar surface area (TPSA) is 98.1 Å². The molecular weight excluding hydrogens is 288 g/mol. The Morgan fingerprint density at radius 3 is 2.73 bits per heavy atom. The molecule has 7 nitrogen and oxygen atoms in total. The molecule has 0 aromatic carbocycles. The maximum absolute atomic E-state index is 11.7. The Kier molecular flexibility index (Phi) is 5.46. The largest absolute Gasteiger partial charge is 0.535 e. The van der Waals surface area contributed by atoms with Crippen LogP contribution < -0.4 is 0 Å². The highest BCUT2D eigenvalue weighted by atomic mass is 16.8. The summed E-state index contributed by atoms with van der Waals surface area (Å²) in [7, 11) is 0. The minimum absolute atomic E-state index is 0.105. The molecule has 1 aliphatic rings. The van der Waals surface area contributed by atoms with Gasteiger partial charge in [0.15, 0.2) is 0 Å². The highest BCUT2D eigenvalue weighted by molar-refractivity contribution is 6.41. The van der Waals surface area contributed by atoms with E-state index in [-0.39, 0.29) is 17.7 Å². The zero-order valence-corrected chi connectivity index (χ0v) is 12.3. The third kappa shape index (κ3) is 4.28. The molecule has 0 saturated heterocycles. The van der Waals surface area contributed by atoms with E-state index in [9.17, 15) is 9.59 Å². The van der Waals surface area contributed by atoms with E-state index in [4.69, 9.17) is 9.84 Å². The summed E-state index contributed by atoms with van der Waals surface area (Å²) in [4.78, 5) is 31.2. The summed E-state index contributed by atoms with van der Waals surface area (Å²) < 4.78 is 5.19. The number of aromatic nitrogens is 1. The van der Waals surface area contributed by atoms with Crippen LogP contribution in [0.3, 0.4) is 0 Å². The number of hydrogen-bond donors (Lipinski definition) is 1. The SMILES string of the molecule is C[C@H]1CCCC[C@@H]1OC(=O)O/N=C(/C(=O)O)c1ccccn1. The third-order valence-electron chi connectivity index (χ3n) is 3.60. The normalized spacial score (nSPS) is 22.0. The number of carboxylic acid groups (broad SMARTS) is 1. The van der Waals surface area contributed by atoms with Gasteiger partial charge in [0.05, 0.1) is 5.69 Å². The van der Waals surface area contributed by atoms with Crippen LogP contribution in [0.15, 0.2) is 29.6 Å². The molecule has 1 heterocycles. The first-order valence-electron chi connectivity index (χ1n) is 7.18. The molecule has 118 valence electrons. The lowest BCUT2D eigenvalue weighted by atomic mass is 9.88. The van der Waals surface area contributed by atoms with E-state index in [1.54, 1.807) is 12.1 Å². The summed E-state index contributed by atoms with van der Waals surface area (Å²) in [6.07, 6.45) is 4.13. The summed E-state index contributed by atoms with van der Waals surface area (Å²) in [5, 5.41) is 12.5. The minimum atomic E-state index is -1.34. The van der Waals surface area contributed by atoms with Crippen molar-refractivity contribution >= 4 is 17.8 Å².